The summed E-state index contributed by atoms with van der Waals surface area (Å²) < 4.78 is 16.4. The molecule has 0 radical (unpaired) electrons. The molecular formula is C21H16O5. The molecule has 4 aromatic rings. The van der Waals surface area contributed by atoms with Crippen LogP contribution in [0, 0.1) is 0 Å². The highest BCUT2D eigenvalue weighted by Gasteiger charge is 2.14. The van der Waals surface area contributed by atoms with Gasteiger partial charge in [0, 0.05) is 0 Å². The third-order valence-electron chi connectivity index (χ3n) is 4.38. The van der Waals surface area contributed by atoms with Gasteiger partial charge in [0.15, 0.2) is 11.5 Å². The Hall–Kier alpha value is -3.47. The van der Waals surface area contributed by atoms with Crippen molar-refractivity contribution < 1.29 is 19.0 Å². The molecule has 1 N–H and O–H groups in total. The largest absolute Gasteiger partial charge is 0.507 e. The van der Waals surface area contributed by atoms with Gasteiger partial charge in [-0.1, -0.05) is 18.2 Å². The van der Waals surface area contributed by atoms with E-state index in [4.69, 9.17) is 13.9 Å². The van der Waals surface area contributed by atoms with Crippen LogP contribution >= 0.6 is 0 Å². The van der Waals surface area contributed by atoms with Crippen molar-refractivity contribution in [2.24, 2.45) is 0 Å². The molecule has 1 heterocycles. The number of hydrogen-bond donors (Lipinski definition) is 1. The maximum atomic E-state index is 12.7. The molecule has 0 saturated carbocycles. The van der Waals surface area contributed by atoms with E-state index in [9.17, 15) is 9.90 Å². The molecule has 0 aliphatic carbocycles. The number of aromatic hydroxyl groups is 1. The van der Waals surface area contributed by atoms with E-state index in [1.54, 1.807) is 62.8 Å². The van der Waals surface area contributed by atoms with Crippen molar-refractivity contribution in [3.05, 3.63) is 64.8 Å². The lowest BCUT2D eigenvalue weighted by Gasteiger charge is -2.11. The van der Waals surface area contributed by atoms with Gasteiger partial charge < -0.3 is 19.0 Å². The number of para-hydroxylation sites is 1. The maximum absolute atomic E-state index is 12.7. The van der Waals surface area contributed by atoms with Gasteiger partial charge in [-0.3, -0.25) is 4.79 Å². The molecule has 0 spiro atoms. The predicted octanol–water partition coefficient (Wildman–Crippen LogP) is 4.34. The molecule has 5 nitrogen and oxygen atoms in total. The van der Waals surface area contributed by atoms with Crippen LogP contribution in [-0.2, 0) is 0 Å². The van der Waals surface area contributed by atoms with Gasteiger partial charge in [0.2, 0.25) is 5.43 Å². The Bertz CT molecular complexity index is 1190. The van der Waals surface area contributed by atoms with E-state index >= 15 is 0 Å². The molecule has 0 bridgehead atoms. The first-order chi connectivity index (χ1) is 12.6. The van der Waals surface area contributed by atoms with E-state index in [2.05, 4.69) is 0 Å². The Kier molecular flexibility index (Phi) is 3.77. The van der Waals surface area contributed by atoms with Crippen molar-refractivity contribution in [1.82, 2.24) is 0 Å². The van der Waals surface area contributed by atoms with Crippen LogP contribution in [0.2, 0.25) is 0 Å². The average molecular weight is 348 g/mol. The normalized spacial score (nSPS) is 11.0. The number of benzene rings is 3. The highest BCUT2D eigenvalue weighted by molar-refractivity contribution is 5.95. The third kappa shape index (κ3) is 2.45. The Balaban J connectivity index is 1.98. The molecule has 26 heavy (non-hydrogen) atoms. The number of hydrogen-bond acceptors (Lipinski definition) is 5. The van der Waals surface area contributed by atoms with Crippen molar-refractivity contribution in [2.45, 2.75) is 0 Å². The summed E-state index contributed by atoms with van der Waals surface area (Å²) in [6, 6.07) is 15.7. The van der Waals surface area contributed by atoms with E-state index in [1.165, 1.54) is 0 Å². The predicted molar refractivity (Wildman–Crippen MR) is 100 cm³/mol. The van der Waals surface area contributed by atoms with Crippen LogP contribution in [0.15, 0.2) is 63.8 Å². The van der Waals surface area contributed by atoms with E-state index in [1.807, 2.05) is 6.07 Å². The van der Waals surface area contributed by atoms with Gasteiger partial charge in [0.05, 0.1) is 19.6 Å². The fourth-order valence-corrected chi connectivity index (χ4v) is 3.09. The molecule has 0 saturated heterocycles. The van der Waals surface area contributed by atoms with E-state index in [-0.39, 0.29) is 16.6 Å². The number of ether oxygens (including phenoxy) is 2. The number of phenolic OH excluding ortho intramolecular Hbond substituents is 1. The first kappa shape index (κ1) is 16.0. The number of phenols is 1. The van der Waals surface area contributed by atoms with Gasteiger partial charge in [-0.05, 0) is 47.5 Å². The van der Waals surface area contributed by atoms with Gasteiger partial charge in [0.25, 0.3) is 0 Å². The van der Waals surface area contributed by atoms with Crippen LogP contribution in [0.25, 0.3) is 33.1 Å². The standard InChI is InChI=1S/C21H16O5/c1-24-17-8-7-12(10-18(17)25-2)13-9-15(22)20-19(11-13)26-16-6-4-3-5-14(16)21(20)23/h3-11,22H,1-2H3. The third-order valence-corrected chi connectivity index (χ3v) is 4.38. The molecular weight excluding hydrogens is 332 g/mol. The zero-order chi connectivity index (χ0) is 18.3. The summed E-state index contributed by atoms with van der Waals surface area (Å²) in [4.78, 5) is 12.7. The molecule has 0 aliphatic heterocycles. The number of methoxy groups -OCH3 is 2. The molecule has 0 aliphatic rings. The first-order valence-corrected chi connectivity index (χ1v) is 8.03. The average Bonchev–Trinajstić information content (AvgIpc) is 2.67. The lowest BCUT2D eigenvalue weighted by Crippen LogP contribution is -2.02. The summed E-state index contributed by atoms with van der Waals surface area (Å²) in [5, 5.41) is 11.1. The molecule has 1 aromatic heterocycles. The van der Waals surface area contributed by atoms with E-state index in [0.29, 0.717) is 33.6 Å². The van der Waals surface area contributed by atoms with E-state index < -0.39 is 0 Å². The quantitative estimate of drug-likeness (QED) is 0.558. The zero-order valence-electron chi connectivity index (χ0n) is 14.3. The number of rotatable bonds is 3. The molecule has 4 rings (SSSR count). The molecule has 0 fully saturated rings. The van der Waals surface area contributed by atoms with Crippen LogP contribution in [0.3, 0.4) is 0 Å². The van der Waals surface area contributed by atoms with Crippen molar-refractivity contribution in [1.29, 1.82) is 0 Å². The molecule has 0 amide bonds. The second kappa shape index (κ2) is 6.11. The fourth-order valence-electron chi connectivity index (χ4n) is 3.09. The Morgan fingerprint density at radius 2 is 1.62 bits per heavy atom. The van der Waals surface area contributed by atoms with Crippen LogP contribution < -0.4 is 14.9 Å². The van der Waals surface area contributed by atoms with Crippen LogP contribution in [-0.4, -0.2) is 19.3 Å². The van der Waals surface area contributed by atoms with Crippen molar-refractivity contribution in [3.63, 3.8) is 0 Å². The topological polar surface area (TPSA) is 68.9 Å². The summed E-state index contributed by atoms with van der Waals surface area (Å²) in [5.41, 5.74) is 2.07. The molecule has 3 aromatic carbocycles. The fraction of sp³-hybridized carbons (Fsp3) is 0.0952. The molecule has 0 atom stereocenters. The molecule has 5 heteroatoms. The van der Waals surface area contributed by atoms with E-state index in [0.717, 1.165) is 5.56 Å². The van der Waals surface area contributed by atoms with Gasteiger partial charge in [-0.25, -0.2) is 0 Å². The highest BCUT2D eigenvalue weighted by atomic mass is 16.5. The minimum Gasteiger partial charge on any atom is -0.507 e. The highest BCUT2D eigenvalue weighted by Crippen LogP contribution is 2.36. The minimum atomic E-state index is -0.252. The Labute approximate surface area is 149 Å². The second-order valence-corrected chi connectivity index (χ2v) is 5.87. The smallest absolute Gasteiger partial charge is 0.204 e. The lowest BCUT2D eigenvalue weighted by molar-refractivity contribution is 0.355. The summed E-state index contributed by atoms with van der Waals surface area (Å²) >= 11 is 0. The van der Waals surface area contributed by atoms with Crippen molar-refractivity contribution in [3.8, 4) is 28.4 Å². The van der Waals surface area contributed by atoms with Crippen LogP contribution in [0.1, 0.15) is 0 Å². The maximum Gasteiger partial charge on any atom is 0.204 e. The van der Waals surface area contributed by atoms with Crippen LogP contribution in [0.4, 0.5) is 0 Å². The molecule has 130 valence electrons. The van der Waals surface area contributed by atoms with Crippen LogP contribution in [0.5, 0.6) is 17.2 Å². The van der Waals surface area contributed by atoms with Gasteiger partial charge in [-0.2, -0.15) is 0 Å². The minimum absolute atomic E-state index is 0.119. The second-order valence-electron chi connectivity index (χ2n) is 5.87. The van der Waals surface area contributed by atoms with Crippen molar-refractivity contribution in [2.75, 3.05) is 14.2 Å². The monoisotopic (exact) mass is 348 g/mol. The molecule has 0 unspecified atom stereocenters. The van der Waals surface area contributed by atoms with Gasteiger partial charge in [-0.15, -0.1) is 0 Å². The SMILES string of the molecule is COc1ccc(-c2cc(O)c3c(=O)c4ccccc4oc3c2)cc1OC. The Morgan fingerprint density at radius 1 is 0.846 bits per heavy atom. The summed E-state index contributed by atoms with van der Waals surface area (Å²) in [6.07, 6.45) is 0. The summed E-state index contributed by atoms with van der Waals surface area (Å²) in [7, 11) is 3.13. The number of fused-ring (bicyclic) bond motifs is 2. The summed E-state index contributed by atoms with van der Waals surface area (Å²) in [6.45, 7) is 0. The van der Waals surface area contributed by atoms with Crippen molar-refractivity contribution >= 4 is 21.9 Å². The first-order valence-electron chi connectivity index (χ1n) is 8.03. The Morgan fingerprint density at radius 3 is 2.38 bits per heavy atom. The zero-order valence-corrected chi connectivity index (χ0v) is 14.3. The summed E-state index contributed by atoms with van der Waals surface area (Å²) in [5.74, 6) is 1.06. The van der Waals surface area contributed by atoms with Gasteiger partial charge in [0.1, 0.15) is 22.3 Å². The van der Waals surface area contributed by atoms with Gasteiger partial charge >= 0.3 is 0 Å². The lowest BCUT2D eigenvalue weighted by atomic mass is 10.0.